The van der Waals surface area contributed by atoms with E-state index in [1.165, 1.54) is 0 Å². The molecule has 2 heterocycles. The van der Waals surface area contributed by atoms with E-state index in [1.54, 1.807) is 0 Å². The third-order valence-electron chi connectivity index (χ3n) is 3.39. The highest BCUT2D eigenvalue weighted by Gasteiger charge is 2.29. The Labute approximate surface area is 100 Å². The Morgan fingerprint density at radius 2 is 2.29 bits per heavy atom. The lowest BCUT2D eigenvalue weighted by Gasteiger charge is -2.15. The van der Waals surface area contributed by atoms with Crippen LogP contribution in [0.2, 0.25) is 0 Å². The van der Waals surface area contributed by atoms with Gasteiger partial charge in [0, 0.05) is 5.56 Å². The number of fused-ring (bicyclic) bond motifs is 1. The maximum atomic E-state index is 12.0. The molecule has 1 saturated heterocycles. The molecule has 3 rings (SSSR count). The lowest BCUT2D eigenvalue weighted by molar-refractivity contribution is -0.123. The first-order valence-corrected chi connectivity index (χ1v) is 6.10. The fourth-order valence-electron chi connectivity index (χ4n) is 2.46. The van der Waals surface area contributed by atoms with Crippen LogP contribution in [0.5, 0.6) is 5.75 Å². The minimum Gasteiger partial charge on any atom is -0.491 e. The quantitative estimate of drug-likeness (QED) is 0.799. The lowest BCUT2D eigenvalue weighted by Crippen LogP contribution is -2.42. The maximum Gasteiger partial charge on any atom is 0.237 e. The van der Waals surface area contributed by atoms with E-state index >= 15 is 0 Å². The number of hydrogen-bond acceptors (Lipinski definition) is 3. The van der Waals surface area contributed by atoms with Gasteiger partial charge >= 0.3 is 0 Å². The van der Waals surface area contributed by atoms with E-state index in [0.29, 0.717) is 6.61 Å². The van der Waals surface area contributed by atoms with E-state index in [9.17, 15) is 4.79 Å². The molecular formula is C13H16N2O2. The van der Waals surface area contributed by atoms with Crippen LogP contribution in [0.3, 0.4) is 0 Å². The number of rotatable bonds is 2. The molecule has 2 atom stereocenters. The van der Waals surface area contributed by atoms with E-state index in [1.807, 2.05) is 24.3 Å². The Hall–Kier alpha value is -1.55. The molecule has 90 valence electrons. The minimum absolute atomic E-state index is 0.00102. The molecule has 2 aliphatic rings. The Bertz CT molecular complexity index is 427. The van der Waals surface area contributed by atoms with E-state index in [-0.39, 0.29) is 18.0 Å². The highest BCUT2D eigenvalue weighted by Crippen LogP contribution is 2.31. The second-order valence-corrected chi connectivity index (χ2v) is 4.56. The van der Waals surface area contributed by atoms with Crippen LogP contribution < -0.4 is 15.4 Å². The number of carbonyl (C=O) groups excluding carboxylic acids is 1. The summed E-state index contributed by atoms with van der Waals surface area (Å²) < 4.78 is 5.54. The van der Waals surface area contributed by atoms with Crippen LogP contribution in [0.4, 0.5) is 0 Å². The summed E-state index contributed by atoms with van der Waals surface area (Å²) in [4.78, 5) is 12.0. The van der Waals surface area contributed by atoms with Crippen molar-refractivity contribution in [3.63, 3.8) is 0 Å². The van der Waals surface area contributed by atoms with Crippen molar-refractivity contribution in [3.05, 3.63) is 29.8 Å². The Morgan fingerprint density at radius 1 is 1.41 bits per heavy atom. The Kier molecular flexibility index (Phi) is 2.73. The SMILES string of the molecule is O=C(NC1COc2ccccc21)[C@@H]1CCCN1. The van der Waals surface area contributed by atoms with E-state index < -0.39 is 0 Å². The van der Waals surface area contributed by atoms with E-state index in [2.05, 4.69) is 10.6 Å². The van der Waals surface area contributed by atoms with Gasteiger partial charge in [0.2, 0.25) is 5.91 Å². The first-order chi connectivity index (χ1) is 8.34. The van der Waals surface area contributed by atoms with Crippen LogP contribution in [0.1, 0.15) is 24.4 Å². The summed E-state index contributed by atoms with van der Waals surface area (Å²) in [5.41, 5.74) is 1.08. The van der Waals surface area contributed by atoms with Gasteiger partial charge in [-0.05, 0) is 25.5 Å². The van der Waals surface area contributed by atoms with Gasteiger partial charge in [0.25, 0.3) is 0 Å². The van der Waals surface area contributed by atoms with Crippen LogP contribution in [-0.4, -0.2) is 25.1 Å². The number of carbonyl (C=O) groups is 1. The molecule has 0 aliphatic carbocycles. The third kappa shape index (κ3) is 2.00. The fraction of sp³-hybridized carbons (Fsp3) is 0.462. The lowest BCUT2D eigenvalue weighted by atomic mass is 10.1. The van der Waals surface area contributed by atoms with Gasteiger partial charge in [0.05, 0.1) is 12.1 Å². The van der Waals surface area contributed by atoms with Gasteiger partial charge < -0.3 is 15.4 Å². The van der Waals surface area contributed by atoms with Gasteiger partial charge in [-0.3, -0.25) is 4.79 Å². The number of amides is 1. The van der Waals surface area contributed by atoms with Crippen molar-refractivity contribution in [1.29, 1.82) is 0 Å². The Balaban J connectivity index is 1.68. The molecule has 0 spiro atoms. The van der Waals surface area contributed by atoms with Crippen LogP contribution in [0.15, 0.2) is 24.3 Å². The second-order valence-electron chi connectivity index (χ2n) is 4.56. The third-order valence-corrected chi connectivity index (χ3v) is 3.39. The van der Waals surface area contributed by atoms with Gasteiger partial charge in [-0.25, -0.2) is 0 Å². The topological polar surface area (TPSA) is 50.4 Å². The second kappa shape index (κ2) is 4.37. The summed E-state index contributed by atoms with van der Waals surface area (Å²) in [6.45, 7) is 1.48. The zero-order valence-corrected chi connectivity index (χ0v) is 9.61. The van der Waals surface area contributed by atoms with Crippen molar-refractivity contribution >= 4 is 5.91 Å². The summed E-state index contributed by atoms with van der Waals surface area (Å²) in [6.07, 6.45) is 2.01. The highest BCUT2D eigenvalue weighted by molar-refractivity contribution is 5.82. The molecule has 4 heteroatoms. The van der Waals surface area contributed by atoms with Gasteiger partial charge in [0.15, 0.2) is 0 Å². The number of nitrogens with one attached hydrogen (secondary N) is 2. The number of para-hydroxylation sites is 1. The van der Waals surface area contributed by atoms with Gasteiger partial charge in [0.1, 0.15) is 12.4 Å². The van der Waals surface area contributed by atoms with Crippen molar-refractivity contribution in [2.75, 3.05) is 13.2 Å². The van der Waals surface area contributed by atoms with Gasteiger partial charge in [-0.1, -0.05) is 18.2 Å². The van der Waals surface area contributed by atoms with Crippen LogP contribution in [0.25, 0.3) is 0 Å². The highest BCUT2D eigenvalue weighted by atomic mass is 16.5. The smallest absolute Gasteiger partial charge is 0.237 e. The Morgan fingerprint density at radius 3 is 3.12 bits per heavy atom. The summed E-state index contributed by atoms with van der Waals surface area (Å²) >= 11 is 0. The molecule has 0 aromatic heterocycles. The molecule has 4 nitrogen and oxygen atoms in total. The van der Waals surface area contributed by atoms with Crippen LogP contribution in [0, 0.1) is 0 Å². The zero-order valence-electron chi connectivity index (χ0n) is 9.61. The normalized spacial score (nSPS) is 26.4. The molecule has 1 aromatic rings. The summed E-state index contributed by atoms with van der Waals surface area (Å²) in [7, 11) is 0. The summed E-state index contributed by atoms with van der Waals surface area (Å²) in [5.74, 6) is 0.977. The minimum atomic E-state index is -0.0252. The largest absolute Gasteiger partial charge is 0.491 e. The van der Waals surface area contributed by atoms with Crippen LogP contribution in [-0.2, 0) is 4.79 Å². The molecule has 0 radical (unpaired) electrons. The molecule has 2 aliphatic heterocycles. The standard InChI is InChI=1S/C13H16N2O2/c16-13(10-5-3-7-14-10)15-11-8-17-12-6-2-1-4-9(11)12/h1-2,4,6,10-11,14H,3,5,7-8H2,(H,15,16)/t10-,11?/m0/s1. The first-order valence-electron chi connectivity index (χ1n) is 6.10. The maximum absolute atomic E-state index is 12.0. The molecule has 1 aromatic carbocycles. The molecule has 1 fully saturated rings. The average molecular weight is 232 g/mol. The van der Waals surface area contributed by atoms with Crippen molar-refractivity contribution < 1.29 is 9.53 Å². The number of hydrogen-bond donors (Lipinski definition) is 2. The predicted octanol–water partition coefficient (Wildman–Crippen LogP) is 0.988. The molecule has 17 heavy (non-hydrogen) atoms. The van der Waals surface area contributed by atoms with Gasteiger partial charge in [-0.2, -0.15) is 0 Å². The monoisotopic (exact) mass is 232 g/mol. The van der Waals surface area contributed by atoms with E-state index in [0.717, 1.165) is 30.7 Å². The predicted molar refractivity (Wildman–Crippen MR) is 63.8 cm³/mol. The van der Waals surface area contributed by atoms with Crippen molar-refractivity contribution in [3.8, 4) is 5.75 Å². The molecular weight excluding hydrogens is 216 g/mol. The molecule has 0 bridgehead atoms. The van der Waals surface area contributed by atoms with E-state index in [4.69, 9.17) is 4.74 Å². The molecule has 2 N–H and O–H groups in total. The van der Waals surface area contributed by atoms with Crippen molar-refractivity contribution in [1.82, 2.24) is 10.6 Å². The molecule has 1 amide bonds. The average Bonchev–Trinajstić information content (AvgIpc) is 2.98. The fourth-order valence-corrected chi connectivity index (χ4v) is 2.46. The summed E-state index contributed by atoms with van der Waals surface area (Å²) in [5, 5.41) is 6.25. The number of benzene rings is 1. The van der Waals surface area contributed by atoms with Crippen molar-refractivity contribution in [2.45, 2.75) is 24.9 Å². The molecule has 0 saturated carbocycles. The van der Waals surface area contributed by atoms with Crippen molar-refractivity contribution in [2.24, 2.45) is 0 Å². The van der Waals surface area contributed by atoms with Crippen LogP contribution >= 0.6 is 0 Å². The van der Waals surface area contributed by atoms with Gasteiger partial charge in [-0.15, -0.1) is 0 Å². The summed E-state index contributed by atoms with van der Waals surface area (Å²) in [6, 6.07) is 7.84. The molecule has 1 unspecified atom stereocenters. The first kappa shape index (κ1) is 10.6. The zero-order chi connectivity index (χ0) is 11.7. The number of ether oxygens (including phenoxy) is 1.